The number of nitrogens with zero attached hydrogens (tertiary/aromatic N) is 3. The molecule has 0 saturated heterocycles. The third kappa shape index (κ3) is 2.79. The van der Waals surface area contributed by atoms with Crippen molar-refractivity contribution in [2.45, 2.75) is 0 Å². The Morgan fingerprint density at radius 1 is 1.33 bits per heavy atom. The van der Waals surface area contributed by atoms with E-state index < -0.39 is 17.2 Å². The molecule has 21 heavy (non-hydrogen) atoms. The summed E-state index contributed by atoms with van der Waals surface area (Å²) in [4.78, 5) is 34.2. The minimum Gasteiger partial charge on any atom is -0.478 e. The molecule has 0 spiro atoms. The Balaban J connectivity index is 2.46. The number of hydrogen-bond donors (Lipinski definition) is 1. The number of carbonyl (C=O) groups is 1. The number of benzene rings is 1. The molecule has 8 nitrogen and oxygen atoms in total. The zero-order chi connectivity index (χ0) is 15.7. The summed E-state index contributed by atoms with van der Waals surface area (Å²) < 4.78 is 7.04. The van der Waals surface area contributed by atoms with E-state index in [1.807, 2.05) is 0 Å². The fourth-order valence-corrected chi connectivity index (χ4v) is 1.77. The Morgan fingerprint density at radius 3 is 2.57 bits per heavy atom. The summed E-state index contributed by atoms with van der Waals surface area (Å²) in [6, 6.07) is 3.76. The van der Waals surface area contributed by atoms with Crippen LogP contribution in [-0.4, -0.2) is 25.4 Å². The highest BCUT2D eigenvalue weighted by Gasteiger charge is 2.14. The maximum absolute atomic E-state index is 11.9. The standard InChI is InChI=1S/C12H10ClN3O5/c1-15-10(17)9(14-16(2)12(15)20)21-8-4-3-6(11(18)19)5-7(8)13/h3-5H,1-2H3,(H,18,19). The third-order valence-corrected chi connectivity index (χ3v) is 2.97. The smallest absolute Gasteiger partial charge is 0.347 e. The molecule has 1 N–H and O–H groups in total. The summed E-state index contributed by atoms with van der Waals surface area (Å²) in [5.74, 6) is -1.42. The van der Waals surface area contributed by atoms with Crippen LogP contribution in [0, 0.1) is 0 Å². The molecule has 2 aromatic rings. The highest BCUT2D eigenvalue weighted by Crippen LogP contribution is 2.28. The Hall–Kier alpha value is -2.61. The van der Waals surface area contributed by atoms with Crippen LogP contribution in [0.4, 0.5) is 0 Å². The van der Waals surface area contributed by atoms with Crippen LogP contribution in [0.15, 0.2) is 27.8 Å². The van der Waals surface area contributed by atoms with Crippen molar-refractivity contribution in [3.8, 4) is 11.6 Å². The number of aromatic carboxylic acids is 1. The van der Waals surface area contributed by atoms with Crippen LogP contribution in [0.3, 0.4) is 0 Å². The van der Waals surface area contributed by atoms with Gasteiger partial charge in [-0.3, -0.25) is 9.36 Å². The summed E-state index contributed by atoms with van der Waals surface area (Å²) >= 11 is 5.89. The van der Waals surface area contributed by atoms with Crippen LogP contribution in [0.2, 0.25) is 5.02 Å². The van der Waals surface area contributed by atoms with Gasteiger partial charge in [-0.1, -0.05) is 11.6 Å². The molecule has 0 unspecified atom stereocenters. The Morgan fingerprint density at radius 2 is 2.00 bits per heavy atom. The number of carboxylic acids is 1. The maximum Gasteiger partial charge on any atom is 0.347 e. The molecular formula is C12H10ClN3O5. The average Bonchev–Trinajstić information content (AvgIpc) is 2.44. The molecule has 110 valence electrons. The maximum atomic E-state index is 11.9. The average molecular weight is 312 g/mol. The van der Waals surface area contributed by atoms with Crippen LogP contribution in [0.25, 0.3) is 0 Å². The van der Waals surface area contributed by atoms with Gasteiger partial charge in [0.15, 0.2) is 0 Å². The van der Waals surface area contributed by atoms with Crippen molar-refractivity contribution < 1.29 is 14.6 Å². The van der Waals surface area contributed by atoms with Crippen molar-refractivity contribution in [3.63, 3.8) is 0 Å². The fourth-order valence-electron chi connectivity index (χ4n) is 1.55. The Kier molecular flexibility index (Phi) is 3.81. The third-order valence-electron chi connectivity index (χ3n) is 2.68. The van der Waals surface area contributed by atoms with Gasteiger partial charge in [-0.15, -0.1) is 5.10 Å². The molecule has 0 saturated carbocycles. The van der Waals surface area contributed by atoms with Crippen molar-refractivity contribution >= 4 is 17.6 Å². The largest absolute Gasteiger partial charge is 0.478 e. The predicted molar refractivity (Wildman–Crippen MR) is 73.2 cm³/mol. The first-order valence-corrected chi connectivity index (χ1v) is 6.04. The second kappa shape index (κ2) is 5.41. The van der Waals surface area contributed by atoms with Crippen LogP contribution in [0.5, 0.6) is 11.6 Å². The van der Waals surface area contributed by atoms with Crippen molar-refractivity contribution in [1.82, 2.24) is 14.3 Å². The molecule has 0 bridgehead atoms. The minimum absolute atomic E-state index is 0.00704. The molecule has 0 radical (unpaired) electrons. The molecule has 9 heteroatoms. The topological polar surface area (TPSA) is 103 Å². The molecule has 1 aromatic carbocycles. The monoisotopic (exact) mass is 311 g/mol. The fraction of sp³-hybridized carbons (Fsp3) is 0.167. The number of halogens is 1. The molecule has 1 aromatic heterocycles. The van der Waals surface area contributed by atoms with Crippen LogP contribution in [-0.2, 0) is 14.1 Å². The summed E-state index contributed by atoms with van der Waals surface area (Å²) in [5, 5.41) is 12.5. The minimum atomic E-state index is -1.14. The van der Waals surface area contributed by atoms with Crippen LogP contribution < -0.4 is 16.0 Å². The molecule has 0 fully saturated rings. The van der Waals surface area contributed by atoms with Crippen molar-refractivity contribution in [2.75, 3.05) is 0 Å². The van der Waals surface area contributed by atoms with Gasteiger partial charge in [0.1, 0.15) is 5.75 Å². The van der Waals surface area contributed by atoms with Gasteiger partial charge in [0, 0.05) is 14.1 Å². The van der Waals surface area contributed by atoms with E-state index in [0.29, 0.717) is 0 Å². The summed E-state index contributed by atoms with van der Waals surface area (Å²) in [6.07, 6.45) is 0. The van der Waals surface area contributed by atoms with Gasteiger partial charge in [0.2, 0.25) is 0 Å². The first-order valence-electron chi connectivity index (χ1n) is 5.66. The molecule has 2 rings (SSSR count). The molecule has 0 amide bonds. The lowest BCUT2D eigenvalue weighted by molar-refractivity contribution is 0.0697. The van der Waals surface area contributed by atoms with Gasteiger partial charge in [-0.05, 0) is 18.2 Å². The first kappa shape index (κ1) is 14.8. The number of hydrogen-bond acceptors (Lipinski definition) is 5. The molecule has 1 heterocycles. The summed E-state index contributed by atoms with van der Waals surface area (Å²) in [5.41, 5.74) is -1.34. The number of aryl methyl sites for hydroxylation is 1. The lowest BCUT2D eigenvalue weighted by Crippen LogP contribution is -2.38. The second-order valence-electron chi connectivity index (χ2n) is 4.13. The van der Waals surface area contributed by atoms with Gasteiger partial charge >= 0.3 is 23.1 Å². The molecule has 0 atom stereocenters. The van der Waals surface area contributed by atoms with Gasteiger partial charge in [0.05, 0.1) is 10.6 Å². The second-order valence-corrected chi connectivity index (χ2v) is 4.54. The quantitative estimate of drug-likeness (QED) is 0.891. The van der Waals surface area contributed by atoms with Crippen LogP contribution >= 0.6 is 11.6 Å². The van der Waals surface area contributed by atoms with Gasteiger partial charge in [0.25, 0.3) is 0 Å². The van der Waals surface area contributed by atoms with E-state index in [4.69, 9.17) is 21.4 Å². The van der Waals surface area contributed by atoms with Crippen molar-refractivity contribution in [2.24, 2.45) is 14.1 Å². The van der Waals surface area contributed by atoms with E-state index in [0.717, 1.165) is 9.25 Å². The first-order chi connectivity index (χ1) is 9.81. The zero-order valence-electron chi connectivity index (χ0n) is 11.0. The Bertz CT molecular complexity index is 840. The molecular weight excluding hydrogens is 302 g/mol. The summed E-state index contributed by atoms with van der Waals surface area (Å²) in [7, 11) is 2.65. The number of ether oxygens (including phenoxy) is 1. The zero-order valence-corrected chi connectivity index (χ0v) is 11.8. The van der Waals surface area contributed by atoms with Gasteiger partial charge in [-0.25, -0.2) is 14.3 Å². The normalized spacial score (nSPS) is 10.4. The SMILES string of the molecule is Cn1nc(Oc2ccc(C(=O)O)cc2Cl)c(=O)n(C)c1=O. The van der Waals surface area contributed by atoms with E-state index in [1.165, 1.54) is 32.3 Å². The van der Waals surface area contributed by atoms with E-state index >= 15 is 0 Å². The van der Waals surface area contributed by atoms with Crippen molar-refractivity contribution in [3.05, 3.63) is 49.6 Å². The lowest BCUT2D eigenvalue weighted by Gasteiger charge is -2.08. The predicted octanol–water partition coefficient (Wildman–Crippen LogP) is 0.623. The van der Waals surface area contributed by atoms with E-state index in [1.54, 1.807) is 0 Å². The Labute approximate surface area is 122 Å². The van der Waals surface area contributed by atoms with E-state index in [-0.39, 0.29) is 22.2 Å². The van der Waals surface area contributed by atoms with Crippen LogP contribution in [0.1, 0.15) is 10.4 Å². The van der Waals surface area contributed by atoms with Gasteiger partial charge in [-0.2, -0.15) is 0 Å². The molecule has 0 aliphatic heterocycles. The van der Waals surface area contributed by atoms with Crippen molar-refractivity contribution in [1.29, 1.82) is 0 Å². The highest BCUT2D eigenvalue weighted by molar-refractivity contribution is 6.32. The number of carboxylic acid groups (broad SMARTS) is 1. The summed E-state index contributed by atoms with van der Waals surface area (Å²) in [6.45, 7) is 0. The lowest BCUT2D eigenvalue weighted by atomic mass is 10.2. The molecule has 0 aliphatic rings. The van der Waals surface area contributed by atoms with E-state index in [9.17, 15) is 14.4 Å². The number of aromatic nitrogens is 3. The van der Waals surface area contributed by atoms with E-state index in [2.05, 4.69) is 5.10 Å². The highest BCUT2D eigenvalue weighted by atomic mass is 35.5. The van der Waals surface area contributed by atoms with Gasteiger partial charge < -0.3 is 9.84 Å². The molecule has 0 aliphatic carbocycles. The number of rotatable bonds is 3.